The van der Waals surface area contributed by atoms with Crippen LogP contribution in [0.2, 0.25) is 0 Å². The Morgan fingerprint density at radius 3 is 2.76 bits per heavy atom. The lowest BCUT2D eigenvalue weighted by Gasteiger charge is -2.26. The Bertz CT molecular complexity index is 366. The molecule has 2 unspecified atom stereocenters. The zero-order valence-corrected chi connectivity index (χ0v) is 12.2. The molecule has 94 valence electrons. The highest BCUT2D eigenvalue weighted by atomic mass is 31.1. The fraction of sp³-hybridized carbons (Fsp3) is 0.429. The predicted molar refractivity (Wildman–Crippen MR) is 79.0 cm³/mol. The average molecular weight is 250 g/mol. The fourth-order valence-corrected chi connectivity index (χ4v) is 2.19. The molecule has 0 saturated heterocycles. The molecule has 0 aliphatic heterocycles. The Balaban J connectivity index is 2.59. The first-order chi connectivity index (χ1) is 7.94. The zero-order chi connectivity index (χ0) is 12.9. The van der Waals surface area contributed by atoms with E-state index in [0.717, 1.165) is 5.70 Å². The number of nitrogens with one attached hydrogen (secondary N) is 2. The molecule has 0 bridgehead atoms. The van der Waals surface area contributed by atoms with E-state index in [2.05, 4.69) is 74.8 Å². The first-order valence-corrected chi connectivity index (χ1v) is 6.95. The molecule has 0 spiro atoms. The SMILES string of the molecule is C=C(NPNC(C)C)C1(C)C=CC=C(C)C=C1. The van der Waals surface area contributed by atoms with Crippen molar-refractivity contribution in [3.8, 4) is 0 Å². The summed E-state index contributed by atoms with van der Waals surface area (Å²) in [7, 11) is 0.505. The summed E-state index contributed by atoms with van der Waals surface area (Å²) in [5.41, 5.74) is 2.18. The minimum Gasteiger partial charge on any atom is -0.357 e. The molecule has 2 atom stereocenters. The average Bonchev–Trinajstić information content (AvgIpc) is 2.41. The molecule has 0 amide bonds. The van der Waals surface area contributed by atoms with Crippen LogP contribution in [0.15, 0.2) is 48.2 Å². The largest absolute Gasteiger partial charge is 0.357 e. The van der Waals surface area contributed by atoms with Crippen molar-refractivity contribution in [1.82, 2.24) is 10.2 Å². The van der Waals surface area contributed by atoms with Gasteiger partial charge in [-0.05, 0) is 27.7 Å². The van der Waals surface area contributed by atoms with E-state index in [1.807, 2.05) is 0 Å². The number of hydrogen-bond donors (Lipinski definition) is 2. The minimum absolute atomic E-state index is 0.111. The van der Waals surface area contributed by atoms with Crippen LogP contribution in [0.4, 0.5) is 0 Å². The van der Waals surface area contributed by atoms with Crippen LogP contribution in [-0.4, -0.2) is 6.04 Å². The molecule has 3 heteroatoms. The zero-order valence-electron chi connectivity index (χ0n) is 11.2. The molecule has 0 aromatic carbocycles. The van der Waals surface area contributed by atoms with Crippen molar-refractivity contribution in [1.29, 1.82) is 0 Å². The molecule has 0 saturated carbocycles. The molecule has 0 fully saturated rings. The third-order valence-electron chi connectivity index (χ3n) is 2.72. The van der Waals surface area contributed by atoms with Gasteiger partial charge in [0.1, 0.15) is 0 Å². The van der Waals surface area contributed by atoms with Gasteiger partial charge in [-0.1, -0.05) is 42.5 Å². The van der Waals surface area contributed by atoms with Gasteiger partial charge < -0.3 is 5.09 Å². The van der Waals surface area contributed by atoms with Gasteiger partial charge in [0.25, 0.3) is 0 Å². The van der Waals surface area contributed by atoms with Crippen LogP contribution in [0.25, 0.3) is 0 Å². The maximum Gasteiger partial charge on any atom is 0.0462 e. The minimum atomic E-state index is -0.111. The van der Waals surface area contributed by atoms with Crippen molar-refractivity contribution in [2.45, 2.75) is 33.7 Å². The summed E-state index contributed by atoms with van der Waals surface area (Å²) in [6.45, 7) is 12.7. The monoisotopic (exact) mass is 250 g/mol. The second-order valence-electron chi connectivity index (χ2n) is 4.91. The van der Waals surface area contributed by atoms with Crippen LogP contribution >= 0.6 is 8.88 Å². The molecule has 2 N–H and O–H groups in total. The second kappa shape index (κ2) is 6.18. The highest BCUT2D eigenvalue weighted by Gasteiger charge is 2.21. The third-order valence-corrected chi connectivity index (χ3v) is 3.87. The normalized spacial score (nSPS) is 24.2. The first kappa shape index (κ1) is 14.2. The highest BCUT2D eigenvalue weighted by molar-refractivity contribution is 7.33. The van der Waals surface area contributed by atoms with Crippen molar-refractivity contribution in [3.05, 3.63) is 48.2 Å². The predicted octanol–water partition coefficient (Wildman–Crippen LogP) is 3.67. The lowest BCUT2D eigenvalue weighted by Crippen LogP contribution is -2.24. The van der Waals surface area contributed by atoms with Gasteiger partial charge in [0.2, 0.25) is 0 Å². The van der Waals surface area contributed by atoms with E-state index in [1.54, 1.807) is 0 Å². The van der Waals surface area contributed by atoms with Crippen LogP contribution in [0.3, 0.4) is 0 Å². The van der Waals surface area contributed by atoms with Gasteiger partial charge in [-0.15, -0.1) is 0 Å². The number of allylic oxidation sites excluding steroid dienone is 5. The summed E-state index contributed by atoms with van der Waals surface area (Å²) in [6, 6.07) is 0.491. The van der Waals surface area contributed by atoms with Gasteiger partial charge in [0, 0.05) is 26.0 Å². The third kappa shape index (κ3) is 4.49. The van der Waals surface area contributed by atoms with Gasteiger partial charge in [-0.2, -0.15) is 0 Å². The summed E-state index contributed by atoms with van der Waals surface area (Å²) in [5.74, 6) is 0. The fourth-order valence-electron chi connectivity index (χ4n) is 1.41. The van der Waals surface area contributed by atoms with E-state index in [4.69, 9.17) is 0 Å². The summed E-state index contributed by atoms with van der Waals surface area (Å²) >= 11 is 0. The molecule has 0 aromatic rings. The Morgan fingerprint density at radius 2 is 2.12 bits per heavy atom. The van der Waals surface area contributed by atoms with E-state index in [9.17, 15) is 0 Å². The van der Waals surface area contributed by atoms with E-state index in [1.165, 1.54) is 5.57 Å². The van der Waals surface area contributed by atoms with Gasteiger partial charge in [-0.3, -0.25) is 5.09 Å². The van der Waals surface area contributed by atoms with Crippen molar-refractivity contribution in [2.24, 2.45) is 5.41 Å². The van der Waals surface area contributed by atoms with Gasteiger partial charge in [0.15, 0.2) is 0 Å². The Labute approximate surface area is 107 Å². The quantitative estimate of drug-likeness (QED) is 0.727. The molecule has 0 aromatic heterocycles. The van der Waals surface area contributed by atoms with Gasteiger partial charge in [0.05, 0.1) is 0 Å². The topological polar surface area (TPSA) is 24.1 Å². The molecule has 0 heterocycles. The summed E-state index contributed by atoms with van der Waals surface area (Å²) < 4.78 is 0. The molecule has 17 heavy (non-hydrogen) atoms. The summed E-state index contributed by atoms with van der Waals surface area (Å²) in [4.78, 5) is 0. The molecule has 1 aliphatic carbocycles. The van der Waals surface area contributed by atoms with E-state index in [0.29, 0.717) is 14.9 Å². The number of rotatable bonds is 5. The Hall–Kier alpha value is -0.850. The van der Waals surface area contributed by atoms with E-state index in [-0.39, 0.29) is 5.41 Å². The Kier molecular flexibility index (Phi) is 5.17. The number of hydrogen-bond acceptors (Lipinski definition) is 2. The second-order valence-corrected chi connectivity index (χ2v) is 5.70. The molecular formula is C14H23N2P. The molecular weight excluding hydrogens is 227 g/mol. The van der Waals surface area contributed by atoms with Gasteiger partial charge in [-0.25, -0.2) is 0 Å². The van der Waals surface area contributed by atoms with Crippen molar-refractivity contribution < 1.29 is 0 Å². The maximum atomic E-state index is 4.14. The van der Waals surface area contributed by atoms with E-state index >= 15 is 0 Å². The highest BCUT2D eigenvalue weighted by Crippen LogP contribution is 2.31. The summed E-state index contributed by atoms with van der Waals surface area (Å²) in [5, 5.41) is 6.72. The van der Waals surface area contributed by atoms with Gasteiger partial charge >= 0.3 is 0 Å². The standard InChI is InChI=1S/C14H23N2P/c1-11(2)15-17-16-13(4)14(5)9-6-7-12(3)8-10-14/h6-11,15-17H,4H2,1-3,5H3. The van der Waals surface area contributed by atoms with Crippen LogP contribution in [0, 0.1) is 5.41 Å². The summed E-state index contributed by atoms with van der Waals surface area (Å²) in [6.07, 6.45) is 10.7. The van der Waals surface area contributed by atoms with Crippen LogP contribution in [-0.2, 0) is 0 Å². The maximum absolute atomic E-state index is 4.14. The van der Waals surface area contributed by atoms with Crippen LogP contribution in [0.5, 0.6) is 0 Å². The van der Waals surface area contributed by atoms with Crippen molar-refractivity contribution in [2.75, 3.05) is 0 Å². The molecule has 0 radical (unpaired) electrons. The Morgan fingerprint density at radius 1 is 1.41 bits per heavy atom. The molecule has 1 aliphatic rings. The molecule has 2 nitrogen and oxygen atoms in total. The first-order valence-electron chi connectivity index (χ1n) is 5.95. The lowest BCUT2D eigenvalue weighted by molar-refractivity contribution is 0.638. The van der Waals surface area contributed by atoms with Crippen molar-refractivity contribution >= 4 is 8.88 Å². The smallest absolute Gasteiger partial charge is 0.0462 e. The lowest BCUT2D eigenvalue weighted by atomic mass is 9.87. The van der Waals surface area contributed by atoms with E-state index < -0.39 is 0 Å². The van der Waals surface area contributed by atoms with Crippen LogP contribution < -0.4 is 10.2 Å². The molecule has 1 rings (SSSR count). The van der Waals surface area contributed by atoms with Crippen LogP contribution in [0.1, 0.15) is 27.7 Å². The van der Waals surface area contributed by atoms with Crippen molar-refractivity contribution in [3.63, 3.8) is 0 Å².